The summed E-state index contributed by atoms with van der Waals surface area (Å²) >= 11 is 5.03. The van der Waals surface area contributed by atoms with Gasteiger partial charge in [0.05, 0.1) is 0 Å². The van der Waals surface area contributed by atoms with E-state index in [1.165, 1.54) is 12.1 Å². The number of benzene rings is 2. The summed E-state index contributed by atoms with van der Waals surface area (Å²) in [5, 5.41) is 5.64. The Hall–Kier alpha value is -2.54. The molecule has 4 N–H and O–H groups in total. The van der Waals surface area contributed by atoms with Crippen LogP contribution in [0.15, 0.2) is 42.5 Å². The Kier molecular flexibility index (Phi) is 4.44. The fourth-order valence-corrected chi connectivity index (χ4v) is 1.87. The van der Waals surface area contributed by atoms with Crippen LogP contribution in [0.4, 0.5) is 20.2 Å². The molecule has 2 rings (SSSR count). The number of nitrogens with two attached hydrogens (primary N) is 1. The van der Waals surface area contributed by atoms with E-state index in [9.17, 15) is 13.6 Å². The normalized spacial score (nSPS) is 10.0. The van der Waals surface area contributed by atoms with Crippen LogP contribution in [0, 0.1) is 11.6 Å². The van der Waals surface area contributed by atoms with Gasteiger partial charge in [0.1, 0.15) is 11.6 Å². The molecule has 0 saturated carbocycles. The maximum Gasteiger partial charge on any atom is 0.248 e. The first-order valence-electron chi connectivity index (χ1n) is 5.88. The predicted molar refractivity (Wildman–Crippen MR) is 81.2 cm³/mol. The summed E-state index contributed by atoms with van der Waals surface area (Å²) in [6.07, 6.45) is 0. The van der Waals surface area contributed by atoms with Gasteiger partial charge in [0, 0.05) is 23.0 Å². The Bertz CT molecular complexity index is 669. The van der Waals surface area contributed by atoms with Crippen molar-refractivity contribution in [1.29, 1.82) is 0 Å². The molecule has 0 spiro atoms. The summed E-state index contributed by atoms with van der Waals surface area (Å²) in [6.45, 7) is 0. The van der Waals surface area contributed by atoms with Crippen molar-refractivity contribution in [3.63, 3.8) is 0 Å². The van der Waals surface area contributed by atoms with Crippen LogP contribution < -0.4 is 16.4 Å². The highest BCUT2D eigenvalue weighted by atomic mass is 32.1. The summed E-state index contributed by atoms with van der Waals surface area (Å²) in [5.74, 6) is -1.94. The molecule has 7 heteroatoms. The van der Waals surface area contributed by atoms with Crippen molar-refractivity contribution in [2.45, 2.75) is 0 Å². The van der Waals surface area contributed by atoms with E-state index >= 15 is 0 Å². The molecular formula is C14H11F2N3OS. The molecule has 0 fully saturated rings. The summed E-state index contributed by atoms with van der Waals surface area (Å²) in [7, 11) is 0. The van der Waals surface area contributed by atoms with Crippen LogP contribution in [-0.4, -0.2) is 11.0 Å². The topological polar surface area (TPSA) is 67.2 Å². The second kappa shape index (κ2) is 6.27. The molecule has 21 heavy (non-hydrogen) atoms. The molecule has 0 atom stereocenters. The Morgan fingerprint density at radius 1 is 0.952 bits per heavy atom. The van der Waals surface area contributed by atoms with Crippen molar-refractivity contribution in [1.82, 2.24) is 0 Å². The molecule has 4 nitrogen and oxygen atoms in total. The van der Waals surface area contributed by atoms with Crippen LogP contribution in [0.2, 0.25) is 0 Å². The summed E-state index contributed by atoms with van der Waals surface area (Å²) < 4.78 is 26.1. The zero-order valence-corrected chi connectivity index (χ0v) is 11.5. The predicted octanol–water partition coefficient (Wildman–Crippen LogP) is 2.87. The molecule has 0 unspecified atom stereocenters. The van der Waals surface area contributed by atoms with Gasteiger partial charge in [-0.2, -0.15) is 0 Å². The lowest BCUT2D eigenvalue weighted by atomic mass is 10.2. The number of hydrogen-bond acceptors (Lipinski definition) is 2. The lowest BCUT2D eigenvalue weighted by molar-refractivity contribution is 0.100. The van der Waals surface area contributed by atoms with E-state index in [1.54, 1.807) is 12.1 Å². The van der Waals surface area contributed by atoms with Crippen molar-refractivity contribution in [2.75, 3.05) is 10.6 Å². The quantitative estimate of drug-likeness (QED) is 0.763. The summed E-state index contributed by atoms with van der Waals surface area (Å²) in [5.41, 5.74) is 6.29. The smallest absolute Gasteiger partial charge is 0.248 e. The first-order valence-corrected chi connectivity index (χ1v) is 6.29. The molecule has 0 aliphatic rings. The number of primary amides is 1. The van der Waals surface area contributed by atoms with Crippen LogP contribution in [0.1, 0.15) is 10.4 Å². The maximum absolute atomic E-state index is 13.0. The summed E-state index contributed by atoms with van der Waals surface area (Å²) in [4.78, 5) is 10.9. The van der Waals surface area contributed by atoms with Crippen molar-refractivity contribution in [3.8, 4) is 0 Å². The van der Waals surface area contributed by atoms with E-state index in [1.807, 2.05) is 0 Å². The van der Waals surface area contributed by atoms with Gasteiger partial charge in [-0.25, -0.2) is 8.78 Å². The number of hydrogen-bond donors (Lipinski definition) is 3. The first-order chi connectivity index (χ1) is 9.94. The van der Waals surface area contributed by atoms with E-state index in [0.717, 1.165) is 18.2 Å². The Morgan fingerprint density at radius 3 is 2.00 bits per heavy atom. The SMILES string of the molecule is NC(=O)c1ccc(NC(=S)Nc2cc(F)cc(F)c2)cc1. The highest BCUT2D eigenvalue weighted by Gasteiger charge is 2.04. The number of anilines is 2. The zero-order chi connectivity index (χ0) is 15.4. The van der Waals surface area contributed by atoms with Crippen molar-refractivity contribution < 1.29 is 13.6 Å². The van der Waals surface area contributed by atoms with Gasteiger partial charge in [-0.1, -0.05) is 0 Å². The highest BCUT2D eigenvalue weighted by Crippen LogP contribution is 2.14. The third-order valence-electron chi connectivity index (χ3n) is 2.55. The number of carbonyl (C=O) groups is 1. The number of nitrogens with one attached hydrogen (secondary N) is 2. The minimum atomic E-state index is -0.703. The second-order valence-electron chi connectivity index (χ2n) is 4.18. The molecular weight excluding hydrogens is 296 g/mol. The Balaban J connectivity index is 2.02. The Morgan fingerprint density at radius 2 is 1.48 bits per heavy atom. The van der Waals surface area contributed by atoms with Gasteiger partial charge in [-0.15, -0.1) is 0 Å². The largest absolute Gasteiger partial charge is 0.366 e. The van der Waals surface area contributed by atoms with E-state index < -0.39 is 17.5 Å². The van der Waals surface area contributed by atoms with Gasteiger partial charge >= 0.3 is 0 Å². The standard InChI is InChI=1S/C14H11F2N3OS/c15-9-5-10(16)7-12(6-9)19-14(21)18-11-3-1-8(2-4-11)13(17)20/h1-7H,(H2,17,20)(H2,18,19,21). The maximum atomic E-state index is 13.0. The molecule has 2 aromatic carbocycles. The van der Waals surface area contributed by atoms with E-state index in [2.05, 4.69) is 10.6 Å². The highest BCUT2D eigenvalue weighted by molar-refractivity contribution is 7.80. The van der Waals surface area contributed by atoms with Crippen molar-refractivity contribution in [3.05, 3.63) is 59.7 Å². The molecule has 108 valence electrons. The van der Waals surface area contributed by atoms with E-state index in [0.29, 0.717) is 11.3 Å². The lowest BCUT2D eigenvalue weighted by Crippen LogP contribution is -2.19. The van der Waals surface area contributed by atoms with Crippen LogP contribution in [-0.2, 0) is 0 Å². The molecule has 0 aliphatic carbocycles. The van der Waals surface area contributed by atoms with Crippen LogP contribution in [0.25, 0.3) is 0 Å². The second-order valence-corrected chi connectivity index (χ2v) is 4.59. The number of amides is 1. The van der Waals surface area contributed by atoms with Crippen molar-refractivity contribution >= 4 is 34.6 Å². The van der Waals surface area contributed by atoms with Gasteiger partial charge in [0.2, 0.25) is 5.91 Å². The molecule has 0 aromatic heterocycles. The molecule has 0 bridgehead atoms. The minimum Gasteiger partial charge on any atom is -0.366 e. The molecule has 0 aliphatic heterocycles. The number of halogens is 2. The fourth-order valence-electron chi connectivity index (χ4n) is 1.64. The molecule has 2 aromatic rings. The van der Waals surface area contributed by atoms with Gasteiger partial charge in [-0.05, 0) is 48.6 Å². The van der Waals surface area contributed by atoms with Gasteiger partial charge < -0.3 is 16.4 Å². The van der Waals surface area contributed by atoms with Crippen LogP contribution >= 0.6 is 12.2 Å². The van der Waals surface area contributed by atoms with Crippen LogP contribution in [0.3, 0.4) is 0 Å². The third-order valence-corrected chi connectivity index (χ3v) is 2.75. The monoisotopic (exact) mass is 307 g/mol. The van der Waals surface area contributed by atoms with E-state index in [4.69, 9.17) is 18.0 Å². The fraction of sp³-hybridized carbons (Fsp3) is 0. The lowest BCUT2D eigenvalue weighted by Gasteiger charge is -2.11. The van der Waals surface area contributed by atoms with E-state index in [-0.39, 0.29) is 10.8 Å². The van der Waals surface area contributed by atoms with Crippen LogP contribution in [0.5, 0.6) is 0 Å². The minimum absolute atomic E-state index is 0.159. The first kappa shape index (κ1) is 14.9. The van der Waals surface area contributed by atoms with Gasteiger partial charge in [-0.3, -0.25) is 4.79 Å². The zero-order valence-electron chi connectivity index (χ0n) is 10.7. The molecule has 0 radical (unpaired) electrons. The number of thiocarbonyl (C=S) groups is 1. The average Bonchev–Trinajstić information content (AvgIpc) is 2.37. The molecule has 1 amide bonds. The van der Waals surface area contributed by atoms with Gasteiger partial charge in [0.15, 0.2) is 5.11 Å². The summed E-state index contributed by atoms with van der Waals surface area (Å²) in [6, 6.07) is 9.30. The number of rotatable bonds is 3. The average molecular weight is 307 g/mol. The van der Waals surface area contributed by atoms with Crippen molar-refractivity contribution in [2.24, 2.45) is 5.73 Å². The molecule has 0 heterocycles. The Labute approximate surface area is 125 Å². The third kappa shape index (κ3) is 4.22. The molecule has 0 saturated heterocycles. The van der Waals surface area contributed by atoms with Gasteiger partial charge in [0.25, 0.3) is 0 Å². The number of carbonyl (C=O) groups excluding carboxylic acids is 1.